The molecule has 0 spiro atoms. The van der Waals surface area contributed by atoms with Crippen molar-refractivity contribution in [3.63, 3.8) is 0 Å². The van der Waals surface area contributed by atoms with Gasteiger partial charge >= 0.3 is 5.97 Å². The Kier molecular flexibility index (Phi) is 6.58. The number of Topliss-reactive ketones (excluding diaryl/α,β-unsaturated/α-hetero) is 1. The van der Waals surface area contributed by atoms with E-state index >= 15 is 0 Å². The highest BCUT2D eigenvalue weighted by atomic mass is 16.4. The summed E-state index contributed by atoms with van der Waals surface area (Å²) in [6.07, 6.45) is 2.88. The maximum absolute atomic E-state index is 13.1. The molecule has 2 aromatic rings. The van der Waals surface area contributed by atoms with Crippen LogP contribution in [0.15, 0.2) is 36.5 Å². The van der Waals surface area contributed by atoms with Crippen LogP contribution in [0, 0.1) is 0 Å². The number of hydrogen-bond donors (Lipinski definition) is 2. The monoisotopic (exact) mass is 466 g/mol. The maximum Gasteiger partial charge on any atom is 0.328 e. The van der Waals surface area contributed by atoms with Crippen molar-refractivity contribution in [2.24, 2.45) is 0 Å². The van der Waals surface area contributed by atoms with Gasteiger partial charge < -0.3 is 20.2 Å². The summed E-state index contributed by atoms with van der Waals surface area (Å²) < 4.78 is 0. The minimum atomic E-state index is -1.18. The zero-order chi connectivity index (χ0) is 24.4. The number of carbonyl (C=O) groups excluding carboxylic acids is 4. The molecule has 0 aliphatic carbocycles. The molecular weight excluding hydrogens is 440 g/mol. The molecule has 2 N–H and O–H groups in total. The Morgan fingerprint density at radius 2 is 1.85 bits per heavy atom. The van der Waals surface area contributed by atoms with Crippen molar-refractivity contribution >= 4 is 40.2 Å². The molecule has 10 nitrogen and oxygen atoms in total. The number of hydrogen-bond acceptors (Lipinski definition) is 6. The van der Waals surface area contributed by atoms with Crippen LogP contribution in [0.2, 0.25) is 0 Å². The molecule has 2 aliphatic heterocycles. The molecule has 2 saturated heterocycles. The Balaban J connectivity index is 1.49. The fourth-order valence-electron chi connectivity index (χ4n) is 4.83. The second-order valence-electron chi connectivity index (χ2n) is 8.75. The SMILES string of the molecule is CC(=O)N1CC2CCCC(NC(=O)C(=O)c3nccc4ccccc34)CC(=O)N2C(C(=O)O)C1. The molecule has 0 saturated carbocycles. The number of aliphatic carboxylic acids is 1. The molecule has 2 aliphatic rings. The van der Waals surface area contributed by atoms with Gasteiger partial charge in [-0.05, 0) is 30.7 Å². The first-order chi connectivity index (χ1) is 16.3. The lowest BCUT2D eigenvalue weighted by atomic mass is 9.93. The molecule has 34 heavy (non-hydrogen) atoms. The molecule has 3 atom stereocenters. The van der Waals surface area contributed by atoms with Gasteiger partial charge in [-0.3, -0.25) is 24.2 Å². The van der Waals surface area contributed by atoms with Crippen LogP contribution in [0.5, 0.6) is 0 Å². The van der Waals surface area contributed by atoms with Crippen molar-refractivity contribution in [2.45, 2.75) is 50.7 Å². The van der Waals surface area contributed by atoms with Crippen molar-refractivity contribution in [3.05, 3.63) is 42.2 Å². The number of ketones is 1. The number of rotatable bonds is 4. The van der Waals surface area contributed by atoms with Gasteiger partial charge in [0.15, 0.2) is 0 Å². The number of nitrogens with zero attached hydrogens (tertiary/aromatic N) is 3. The highest BCUT2D eigenvalue weighted by Gasteiger charge is 2.43. The molecule has 2 fully saturated rings. The highest BCUT2D eigenvalue weighted by molar-refractivity contribution is 6.44. The topological polar surface area (TPSA) is 137 Å². The summed E-state index contributed by atoms with van der Waals surface area (Å²) in [5.41, 5.74) is 0.0409. The number of pyridine rings is 1. The predicted octanol–water partition coefficient (Wildman–Crippen LogP) is 0.989. The van der Waals surface area contributed by atoms with E-state index in [1.165, 1.54) is 22.9 Å². The minimum Gasteiger partial charge on any atom is -0.480 e. The van der Waals surface area contributed by atoms with Crippen molar-refractivity contribution in [1.82, 2.24) is 20.1 Å². The number of piperazine rings is 1. The summed E-state index contributed by atoms with van der Waals surface area (Å²) in [6, 6.07) is 6.71. The summed E-state index contributed by atoms with van der Waals surface area (Å²) in [5, 5.41) is 13.7. The van der Waals surface area contributed by atoms with E-state index in [9.17, 15) is 29.1 Å². The van der Waals surface area contributed by atoms with Gasteiger partial charge in [0, 0.05) is 37.5 Å². The first kappa shape index (κ1) is 23.3. The van der Waals surface area contributed by atoms with Crippen molar-refractivity contribution in [3.8, 4) is 0 Å². The van der Waals surface area contributed by atoms with Crippen LogP contribution in [0.4, 0.5) is 0 Å². The molecule has 178 valence electrons. The number of fused-ring (bicyclic) bond motifs is 2. The number of amides is 3. The van der Waals surface area contributed by atoms with Gasteiger partial charge in [0.25, 0.3) is 11.7 Å². The van der Waals surface area contributed by atoms with Crippen molar-refractivity contribution < 1.29 is 29.1 Å². The molecule has 1 aromatic heterocycles. The lowest BCUT2D eigenvalue weighted by molar-refractivity contribution is -0.161. The lowest BCUT2D eigenvalue weighted by Gasteiger charge is -2.46. The standard InChI is InChI=1S/C24H26N4O6/c1-14(29)27-12-17-7-4-6-16(11-20(30)28(17)19(13-27)24(33)34)26-23(32)22(31)21-18-8-3-2-5-15(18)9-10-25-21/h2-3,5,8-10,16-17,19H,4,6-7,11-13H2,1H3,(H,26,32)(H,33,34). The van der Waals surface area contributed by atoms with Crippen LogP contribution >= 0.6 is 0 Å². The van der Waals surface area contributed by atoms with E-state index in [0.717, 1.165) is 5.39 Å². The number of nitrogens with one attached hydrogen (secondary N) is 1. The summed E-state index contributed by atoms with van der Waals surface area (Å²) >= 11 is 0. The Morgan fingerprint density at radius 3 is 2.59 bits per heavy atom. The second kappa shape index (κ2) is 9.58. The van der Waals surface area contributed by atoms with E-state index in [2.05, 4.69) is 10.3 Å². The lowest BCUT2D eigenvalue weighted by Crippen LogP contribution is -2.64. The van der Waals surface area contributed by atoms with E-state index in [0.29, 0.717) is 24.6 Å². The summed E-state index contributed by atoms with van der Waals surface area (Å²) in [5.74, 6) is -3.47. The molecule has 1 aromatic carbocycles. The van der Waals surface area contributed by atoms with E-state index in [4.69, 9.17) is 0 Å². The molecule has 4 rings (SSSR count). The van der Waals surface area contributed by atoms with Crippen LogP contribution < -0.4 is 5.32 Å². The van der Waals surface area contributed by atoms with Crippen LogP contribution in [0.1, 0.15) is 43.1 Å². The fraction of sp³-hybridized carbons (Fsp3) is 0.417. The highest BCUT2D eigenvalue weighted by Crippen LogP contribution is 2.26. The molecular formula is C24H26N4O6. The van der Waals surface area contributed by atoms with Gasteiger partial charge in [-0.25, -0.2) is 4.79 Å². The smallest absolute Gasteiger partial charge is 0.328 e. The van der Waals surface area contributed by atoms with Gasteiger partial charge in [0.2, 0.25) is 11.8 Å². The van der Waals surface area contributed by atoms with Crippen LogP contribution in [0.3, 0.4) is 0 Å². The van der Waals surface area contributed by atoms with Crippen LogP contribution in [-0.2, 0) is 19.2 Å². The average molecular weight is 466 g/mol. The first-order valence-corrected chi connectivity index (χ1v) is 11.2. The van der Waals surface area contributed by atoms with Gasteiger partial charge in [-0.15, -0.1) is 0 Å². The zero-order valence-corrected chi connectivity index (χ0v) is 18.8. The molecule has 3 unspecified atom stereocenters. The molecule has 3 heterocycles. The third kappa shape index (κ3) is 4.61. The molecule has 0 bridgehead atoms. The summed E-state index contributed by atoms with van der Waals surface area (Å²) in [6.45, 7) is 1.59. The quantitative estimate of drug-likeness (QED) is 0.506. The largest absolute Gasteiger partial charge is 0.480 e. The van der Waals surface area contributed by atoms with Crippen molar-refractivity contribution in [1.29, 1.82) is 0 Å². The predicted molar refractivity (Wildman–Crippen MR) is 121 cm³/mol. The molecule has 10 heteroatoms. The Bertz CT molecular complexity index is 1160. The van der Waals surface area contributed by atoms with E-state index in [-0.39, 0.29) is 31.1 Å². The fourth-order valence-corrected chi connectivity index (χ4v) is 4.83. The summed E-state index contributed by atoms with van der Waals surface area (Å²) in [4.78, 5) is 69.4. The summed E-state index contributed by atoms with van der Waals surface area (Å²) in [7, 11) is 0. The third-order valence-electron chi connectivity index (χ3n) is 6.51. The van der Waals surface area contributed by atoms with Crippen LogP contribution in [0.25, 0.3) is 10.8 Å². The molecule has 3 amide bonds. The Labute approximate surface area is 195 Å². The van der Waals surface area contributed by atoms with Gasteiger partial charge in [-0.2, -0.15) is 0 Å². The number of carboxylic acid groups (broad SMARTS) is 1. The molecule has 0 radical (unpaired) electrons. The number of benzene rings is 1. The average Bonchev–Trinajstić information content (AvgIpc) is 2.81. The van der Waals surface area contributed by atoms with Gasteiger partial charge in [0.05, 0.1) is 12.6 Å². The number of carboxylic acids is 1. The second-order valence-corrected chi connectivity index (χ2v) is 8.75. The van der Waals surface area contributed by atoms with E-state index < -0.39 is 41.7 Å². The maximum atomic E-state index is 13.1. The number of carbonyl (C=O) groups is 5. The third-order valence-corrected chi connectivity index (χ3v) is 6.51. The van der Waals surface area contributed by atoms with E-state index in [1.54, 1.807) is 18.2 Å². The number of aromatic nitrogens is 1. The van der Waals surface area contributed by atoms with Gasteiger partial charge in [0.1, 0.15) is 11.7 Å². The Hall–Kier alpha value is -3.82. The normalized spacial score (nSPS) is 23.0. The van der Waals surface area contributed by atoms with E-state index in [1.807, 2.05) is 12.1 Å². The first-order valence-electron chi connectivity index (χ1n) is 11.2. The van der Waals surface area contributed by atoms with Crippen molar-refractivity contribution in [2.75, 3.05) is 13.1 Å². The minimum absolute atomic E-state index is 0.0409. The zero-order valence-electron chi connectivity index (χ0n) is 18.8. The van der Waals surface area contributed by atoms with Gasteiger partial charge in [-0.1, -0.05) is 24.3 Å². The van der Waals surface area contributed by atoms with Crippen LogP contribution in [-0.4, -0.2) is 80.6 Å². The Morgan fingerprint density at radius 1 is 1.09 bits per heavy atom.